The maximum absolute atomic E-state index is 12.6. The molecule has 2 heterocycles. The number of piperazine rings is 1. The monoisotopic (exact) mass is 343 g/mol. The van der Waals surface area contributed by atoms with Crippen LogP contribution in [0.4, 0.5) is 0 Å². The molecule has 1 aromatic rings. The highest BCUT2D eigenvalue weighted by atomic mass is 16.2. The topological polar surface area (TPSA) is 60.9 Å². The van der Waals surface area contributed by atoms with Crippen LogP contribution in [0.1, 0.15) is 46.4 Å². The molecule has 0 aliphatic carbocycles. The van der Waals surface area contributed by atoms with Gasteiger partial charge >= 0.3 is 0 Å². The largest absolute Gasteiger partial charge is 0.342 e. The minimum absolute atomic E-state index is 0.0423. The van der Waals surface area contributed by atoms with E-state index in [9.17, 15) is 14.4 Å². The molecule has 0 unspecified atom stereocenters. The summed E-state index contributed by atoms with van der Waals surface area (Å²) in [5.74, 6) is 0.0137. The first-order valence-electron chi connectivity index (χ1n) is 9.07. The van der Waals surface area contributed by atoms with Gasteiger partial charge in [-0.2, -0.15) is 0 Å². The zero-order valence-electron chi connectivity index (χ0n) is 14.5. The molecule has 6 nitrogen and oxygen atoms in total. The van der Waals surface area contributed by atoms with Crippen molar-refractivity contribution in [2.24, 2.45) is 0 Å². The van der Waals surface area contributed by atoms with Crippen molar-refractivity contribution >= 4 is 18.2 Å². The number of amides is 3. The van der Waals surface area contributed by atoms with E-state index in [2.05, 4.69) is 0 Å². The zero-order valence-corrected chi connectivity index (χ0v) is 14.5. The van der Waals surface area contributed by atoms with Crippen molar-refractivity contribution in [1.29, 1.82) is 0 Å². The van der Waals surface area contributed by atoms with Gasteiger partial charge in [0.1, 0.15) is 0 Å². The van der Waals surface area contributed by atoms with Crippen LogP contribution in [0.5, 0.6) is 0 Å². The van der Waals surface area contributed by atoms with Crippen molar-refractivity contribution in [3.63, 3.8) is 0 Å². The van der Waals surface area contributed by atoms with E-state index >= 15 is 0 Å². The van der Waals surface area contributed by atoms with Gasteiger partial charge in [0.15, 0.2) is 0 Å². The molecular weight excluding hydrogens is 318 g/mol. The van der Waals surface area contributed by atoms with Crippen molar-refractivity contribution in [2.75, 3.05) is 39.3 Å². The number of rotatable bonds is 3. The van der Waals surface area contributed by atoms with Crippen molar-refractivity contribution in [1.82, 2.24) is 14.7 Å². The summed E-state index contributed by atoms with van der Waals surface area (Å²) in [4.78, 5) is 41.2. The van der Waals surface area contributed by atoms with Gasteiger partial charge in [0.2, 0.25) is 6.41 Å². The number of nitrogens with zero attached hydrogens (tertiary/aromatic N) is 3. The van der Waals surface area contributed by atoms with E-state index < -0.39 is 0 Å². The molecule has 2 aliphatic heterocycles. The number of likely N-dealkylation sites (tertiary alicyclic amines) is 1. The molecule has 6 heteroatoms. The third kappa shape index (κ3) is 4.18. The van der Waals surface area contributed by atoms with Crippen LogP contribution >= 0.6 is 0 Å². The summed E-state index contributed by atoms with van der Waals surface area (Å²) in [7, 11) is 0. The lowest BCUT2D eigenvalue weighted by molar-refractivity contribution is -0.119. The van der Waals surface area contributed by atoms with Crippen molar-refractivity contribution in [3.8, 4) is 0 Å². The summed E-state index contributed by atoms with van der Waals surface area (Å²) in [5.41, 5.74) is 1.23. The SMILES string of the molecule is O=CN1CCN(C(=O)c2ccc(C(=O)N3CCCCCC3)cc2)CC1. The predicted octanol–water partition coefficient (Wildman–Crippen LogP) is 1.62. The fourth-order valence-electron chi connectivity index (χ4n) is 3.42. The van der Waals surface area contributed by atoms with Gasteiger partial charge in [0.25, 0.3) is 11.8 Å². The molecule has 25 heavy (non-hydrogen) atoms. The molecule has 0 radical (unpaired) electrons. The summed E-state index contributed by atoms with van der Waals surface area (Å²) in [6.07, 6.45) is 5.33. The lowest BCUT2D eigenvalue weighted by Gasteiger charge is -2.32. The number of hydrogen-bond acceptors (Lipinski definition) is 3. The lowest BCUT2D eigenvalue weighted by Crippen LogP contribution is -2.48. The third-order valence-corrected chi connectivity index (χ3v) is 5.02. The maximum Gasteiger partial charge on any atom is 0.253 e. The fraction of sp³-hybridized carbons (Fsp3) is 0.526. The van der Waals surface area contributed by atoms with E-state index in [1.807, 2.05) is 4.90 Å². The highest BCUT2D eigenvalue weighted by Gasteiger charge is 2.22. The molecule has 0 atom stereocenters. The van der Waals surface area contributed by atoms with Gasteiger partial charge in [-0.15, -0.1) is 0 Å². The van der Waals surface area contributed by atoms with Crippen LogP contribution in [0.2, 0.25) is 0 Å². The summed E-state index contributed by atoms with van der Waals surface area (Å²) >= 11 is 0. The van der Waals surface area contributed by atoms with E-state index in [-0.39, 0.29) is 11.8 Å². The van der Waals surface area contributed by atoms with Gasteiger partial charge in [0, 0.05) is 50.4 Å². The molecule has 134 valence electrons. The molecule has 0 bridgehead atoms. The Morgan fingerprint density at radius 1 is 0.680 bits per heavy atom. The Bertz CT molecular complexity index is 613. The van der Waals surface area contributed by atoms with Crippen LogP contribution in [0, 0.1) is 0 Å². The summed E-state index contributed by atoms with van der Waals surface area (Å²) in [6.45, 7) is 3.88. The van der Waals surface area contributed by atoms with Crippen molar-refractivity contribution < 1.29 is 14.4 Å². The summed E-state index contributed by atoms with van der Waals surface area (Å²) in [5, 5.41) is 0. The van der Waals surface area contributed by atoms with E-state index in [1.54, 1.807) is 34.1 Å². The number of carbonyl (C=O) groups is 3. The molecule has 1 aromatic carbocycles. The van der Waals surface area contributed by atoms with E-state index in [1.165, 1.54) is 12.8 Å². The second-order valence-corrected chi connectivity index (χ2v) is 6.72. The van der Waals surface area contributed by atoms with E-state index in [0.717, 1.165) is 32.3 Å². The smallest absolute Gasteiger partial charge is 0.253 e. The average molecular weight is 343 g/mol. The quantitative estimate of drug-likeness (QED) is 0.784. The Kier molecular flexibility index (Phi) is 5.68. The fourth-order valence-corrected chi connectivity index (χ4v) is 3.42. The van der Waals surface area contributed by atoms with Crippen LogP contribution < -0.4 is 0 Å². The normalized spacial score (nSPS) is 18.6. The lowest BCUT2D eigenvalue weighted by atomic mass is 10.1. The van der Waals surface area contributed by atoms with E-state index in [4.69, 9.17) is 0 Å². The number of hydrogen-bond donors (Lipinski definition) is 0. The molecule has 3 rings (SSSR count). The molecule has 3 amide bonds. The Morgan fingerprint density at radius 3 is 1.56 bits per heavy atom. The van der Waals surface area contributed by atoms with Gasteiger partial charge in [0.05, 0.1) is 0 Å². The first kappa shape index (κ1) is 17.5. The second kappa shape index (κ2) is 8.14. The Morgan fingerprint density at radius 2 is 1.12 bits per heavy atom. The van der Waals surface area contributed by atoms with Crippen LogP contribution in [0.15, 0.2) is 24.3 Å². The minimum atomic E-state index is -0.0423. The first-order chi connectivity index (χ1) is 12.2. The number of carbonyl (C=O) groups excluding carboxylic acids is 3. The molecule has 0 spiro atoms. The molecule has 2 saturated heterocycles. The molecule has 2 fully saturated rings. The van der Waals surface area contributed by atoms with Crippen molar-refractivity contribution in [2.45, 2.75) is 25.7 Å². The summed E-state index contributed by atoms with van der Waals surface area (Å²) < 4.78 is 0. The standard InChI is InChI=1S/C19H25N3O3/c23-15-20-11-13-22(14-12-20)19(25)17-7-5-16(6-8-17)18(24)21-9-3-1-2-4-10-21/h5-8,15H,1-4,9-14H2. The van der Waals surface area contributed by atoms with Crippen LogP contribution in [-0.2, 0) is 4.79 Å². The Labute approximate surface area is 148 Å². The van der Waals surface area contributed by atoms with Gasteiger partial charge < -0.3 is 14.7 Å². The predicted molar refractivity (Wildman–Crippen MR) is 94.4 cm³/mol. The van der Waals surface area contributed by atoms with Crippen LogP contribution in [-0.4, -0.2) is 72.2 Å². The first-order valence-corrected chi connectivity index (χ1v) is 9.07. The number of benzene rings is 1. The molecular formula is C19H25N3O3. The minimum Gasteiger partial charge on any atom is -0.342 e. The Balaban J connectivity index is 1.62. The van der Waals surface area contributed by atoms with Gasteiger partial charge in [-0.1, -0.05) is 12.8 Å². The van der Waals surface area contributed by atoms with Crippen LogP contribution in [0.25, 0.3) is 0 Å². The highest BCUT2D eigenvalue weighted by Crippen LogP contribution is 2.15. The molecule has 0 aromatic heterocycles. The Hall–Kier alpha value is -2.37. The van der Waals surface area contributed by atoms with Gasteiger partial charge in [-0.25, -0.2) is 0 Å². The van der Waals surface area contributed by atoms with Gasteiger partial charge in [-0.3, -0.25) is 14.4 Å². The summed E-state index contributed by atoms with van der Waals surface area (Å²) in [6, 6.07) is 6.98. The average Bonchev–Trinajstić information content (AvgIpc) is 2.96. The third-order valence-electron chi connectivity index (χ3n) is 5.02. The van der Waals surface area contributed by atoms with Crippen LogP contribution in [0.3, 0.4) is 0 Å². The zero-order chi connectivity index (χ0) is 17.6. The van der Waals surface area contributed by atoms with E-state index in [0.29, 0.717) is 37.3 Å². The van der Waals surface area contributed by atoms with Crippen molar-refractivity contribution in [3.05, 3.63) is 35.4 Å². The van der Waals surface area contributed by atoms with Gasteiger partial charge in [-0.05, 0) is 37.1 Å². The molecule has 0 N–H and O–H groups in total. The molecule has 2 aliphatic rings. The molecule has 0 saturated carbocycles. The second-order valence-electron chi connectivity index (χ2n) is 6.72. The maximum atomic E-state index is 12.6. The highest BCUT2D eigenvalue weighted by molar-refractivity contribution is 5.98.